The Balaban J connectivity index is 2.01. The van der Waals surface area contributed by atoms with E-state index in [-0.39, 0.29) is 0 Å². The molecule has 0 spiro atoms. The third kappa shape index (κ3) is 4.33. The van der Waals surface area contributed by atoms with Crippen molar-refractivity contribution in [3.63, 3.8) is 0 Å². The van der Waals surface area contributed by atoms with Crippen LogP contribution in [0, 0.1) is 6.92 Å². The molecule has 0 saturated heterocycles. The Bertz CT molecular complexity index is 508. The molecule has 108 valence electrons. The van der Waals surface area contributed by atoms with E-state index in [1.807, 2.05) is 30.1 Å². The van der Waals surface area contributed by atoms with Gasteiger partial charge in [0, 0.05) is 16.3 Å². The smallest absolute Gasteiger partial charge is 0.103 e. The predicted molar refractivity (Wildman–Crippen MR) is 89.6 cm³/mol. The lowest BCUT2D eigenvalue weighted by Crippen LogP contribution is -2.05. The summed E-state index contributed by atoms with van der Waals surface area (Å²) in [7, 11) is 2.00. The zero-order chi connectivity index (χ0) is 14.4. The lowest BCUT2D eigenvalue weighted by atomic mass is 10.2. The van der Waals surface area contributed by atoms with Crippen LogP contribution in [0.4, 0.5) is 0 Å². The van der Waals surface area contributed by atoms with E-state index in [1.165, 1.54) is 26.0 Å². The quantitative estimate of drug-likeness (QED) is 0.767. The Morgan fingerprint density at radius 1 is 1.25 bits per heavy atom. The summed E-state index contributed by atoms with van der Waals surface area (Å²) in [5.74, 6) is 0.966. The molecule has 0 amide bonds. The molecule has 0 bridgehead atoms. The van der Waals surface area contributed by atoms with Crippen LogP contribution in [-0.2, 0) is 18.7 Å². The van der Waals surface area contributed by atoms with E-state index in [0.717, 1.165) is 25.1 Å². The fraction of sp³-hybridized carbons (Fsp3) is 0.438. The van der Waals surface area contributed by atoms with Gasteiger partial charge in [0.25, 0.3) is 0 Å². The fourth-order valence-electron chi connectivity index (χ4n) is 2.01. The number of thiazole rings is 1. The lowest BCUT2D eigenvalue weighted by Gasteiger charge is -1.99. The monoisotopic (exact) mass is 306 g/mol. The minimum atomic E-state index is 0.933. The van der Waals surface area contributed by atoms with E-state index >= 15 is 0 Å². The summed E-state index contributed by atoms with van der Waals surface area (Å²) >= 11 is 3.72. The standard InChI is InChI=1S/C16H22N2S2/c1-4-5-14-15(10-17-3)20-16(18-14)11-19-13-8-6-12(2)7-9-13/h6-9,17H,4-5,10-11H2,1-3H3. The number of aromatic nitrogens is 1. The Labute approximate surface area is 130 Å². The first-order valence-electron chi connectivity index (χ1n) is 7.04. The number of aryl methyl sites for hydroxylation is 2. The van der Waals surface area contributed by atoms with E-state index in [4.69, 9.17) is 4.98 Å². The highest BCUT2D eigenvalue weighted by molar-refractivity contribution is 7.98. The van der Waals surface area contributed by atoms with Crippen LogP contribution in [0.1, 0.15) is 34.5 Å². The molecule has 2 rings (SSSR count). The van der Waals surface area contributed by atoms with E-state index in [2.05, 4.69) is 43.4 Å². The highest BCUT2D eigenvalue weighted by Gasteiger charge is 2.10. The van der Waals surface area contributed by atoms with Crippen LogP contribution < -0.4 is 5.32 Å². The van der Waals surface area contributed by atoms with Crippen molar-refractivity contribution in [3.05, 3.63) is 45.4 Å². The Kier molecular flexibility index (Phi) is 6.07. The Morgan fingerprint density at radius 2 is 2.00 bits per heavy atom. The fourth-order valence-corrected chi connectivity index (χ4v) is 4.03. The summed E-state index contributed by atoms with van der Waals surface area (Å²) in [5, 5.41) is 4.48. The second-order valence-corrected chi connectivity index (χ2v) is 7.08. The maximum absolute atomic E-state index is 4.81. The summed E-state index contributed by atoms with van der Waals surface area (Å²) in [6.45, 7) is 5.27. The molecule has 1 aromatic carbocycles. The zero-order valence-electron chi connectivity index (χ0n) is 12.4. The molecule has 0 radical (unpaired) electrons. The number of nitrogens with zero attached hydrogens (tertiary/aromatic N) is 1. The van der Waals surface area contributed by atoms with Crippen molar-refractivity contribution in [3.8, 4) is 0 Å². The van der Waals surface area contributed by atoms with Crippen molar-refractivity contribution in [1.82, 2.24) is 10.3 Å². The first-order valence-corrected chi connectivity index (χ1v) is 8.84. The van der Waals surface area contributed by atoms with Gasteiger partial charge < -0.3 is 5.32 Å². The first-order chi connectivity index (χ1) is 9.72. The molecule has 20 heavy (non-hydrogen) atoms. The normalized spacial score (nSPS) is 10.9. The van der Waals surface area contributed by atoms with Crippen LogP contribution in [0.3, 0.4) is 0 Å². The van der Waals surface area contributed by atoms with Crippen molar-refractivity contribution in [2.45, 2.75) is 43.9 Å². The number of nitrogens with one attached hydrogen (secondary N) is 1. The van der Waals surface area contributed by atoms with E-state index in [0.29, 0.717) is 0 Å². The van der Waals surface area contributed by atoms with Gasteiger partial charge in [0.05, 0.1) is 11.4 Å². The SMILES string of the molecule is CCCc1nc(CSc2ccc(C)cc2)sc1CNC. The van der Waals surface area contributed by atoms with Crippen LogP contribution in [0.25, 0.3) is 0 Å². The van der Waals surface area contributed by atoms with E-state index in [9.17, 15) is 0 Å². The second kappa shape index (κ2) is 7.81. The largest absolute Gasteiger partial charge is 0.315 e. The second-order valence-electron chi connectivity index (χ2n) is 4.86. The van der Waals surface area contributed by atoms with Gasteiger partial charge in [0.15, 0.2) is 0 Å². The maximum atomic E-state index is 4.81. The minimum absolute atomic E-state index is 0.933. The van der Waals surface area contributed by atoms with Gasteiger partial charge in [-0.1, -0.05) is 31.0 Å². The summed E-state index contributed by atoms with van der Waals surface area (Å²) in [4.78, 5) is 7.52. The van der Waals surface area contributed by atoms with Crippen LogP contribution in [-0.4, -0.2) is 12.0 Å². The summed E-state index contributed by atoms with van der Waals surface area (Å²) in [6.07, 6.45) is 2.24. The molecular weight excluding hydrogens is 284 g/mol. The highest BCUT2D eigenvalue weighted by atomic mass is 32.2. The molecule has 0 aliphatic rings. The predicted octanol–water partition coefficient (Wildman–Crippen LogP) is 4.42. The first kappa shape index (κ1) is 15.5. The lowest BCUT2D eigenvalue weighted by molar-refractivity contribution is 0.797. The minimum Gasteiger partial charge on any atom is -0.315 e. The third-order valence-electron chi connectivity index (χ3n) is 3.03. The van der Waals surface area contributed by atoms with Crippen molar-refractivity contribution >= 4 is 23.1 Å². The van der Waals surface area contributed by atoms with E-state index < -0.39 is 0 Å². The molecule has 1 heterocycles. The molecule has 0 atom stereocenters. The number of hydrogen-bond acceptors (Lipinski definition) is 4. The van der Waals surface area contributed by atoms with Crippen LogP contribution in [0.15, 0.2) is 29.2 Å². The molecule has 0 fully saturated rings. The molecule has 0 aliphatic carbocycles. The summed E-state index contributed by atoms with van der Waals surface area (Å²) in [6, 6.07) is 8.71. The van der Waals surface area contributed by atoms with Crippen LogP contribution in [0.5, 0.6) is 0 Å². The number of benzene rings is 1. The van der Waals surface area contributed by atoms with Crippen molar-refractivity contribution < 1.29 is 0 Å². The van der Waals surface area contributed by atoms with Gasteiger partial charge in [-0.3, -0.25) is 0 Å². The van der Waals surface area contributed by atoms with Crippen molar-refractivity contribution in [2.24, 2.45) is 0 Å². The van der Waals surface area contributed by atoms with Gasteiger partial charge in [-0.2, -0.15) is 0 Å². The Morgan fingerprint density at radius 3 is 2.65 bits per heavy atom. The molecule has 0 saturated carbocycles. The average Bonchev–Trinajstić information content (AvgIpc) is 2.82. The van der Waals surface area contributed by atoms with Gasteiger partial charge >= 0.3 is 0 Å². The van der Waals surface area contributed by atoms with Gasteiger partial charge in [-0.05, 0) is 32.5 Å². The molecule has 4 heteroatoms. The molecule has 2 aromatic rings. The topological polar surface area (TPSA) is 24.9 Å². The van der Waals surface area contributed by atoms with Crippen molar-refractivity contribution in [2.75, 3.05) is 7.05 Å². The average molecular weight is 307 g/mol. The molecule has 1 N–H and O–H groups in total. The van der Waals surface area contributed by atoms with Gasteiger partial charge in [0.2, 0.25) is 0 Å². The zero-order valence-corrected chi connectivity index (χ0v) is 14.0. The van der Waals surface area contributed by atoms with Crippen LogP contribution >= 0.6 is 23.1 Å². The molecule has 0 unspecified atom stereocenters. The van der Waals surface area contributed by atoms with Gasteiger partial charge in [-0.25, -0.2) is 4.98 Å². The van der Waals surface area contributed by atoms with Gasteiger partial charge in [-0.15, -0.1) is 23.1 Å². The van der Waals surface area contributed by atoms with E-state index in [1.54, 1.807) is 0 Å². The Hall–Kier alpha value is -0.840. The maximum Gasteiger partial charge on any atom is 0.103 e. The summed E-state index contributed by atoms with van der Waals surface area (Å²) < 4.78 is 0. The highest BCUT2D eigenvalue weighted by Crippen LogP contribution is 2.27. The van der Waals surface area contributed by atoms with Crippen LogP contribution in [0.2, 0.25) is 0 Å². The molecule has 2 nitrogen and oxygen atoms in total. The summed E-state index contributed by atoms with van der Waals surface area (Å²) in [5.41, 5.74) is 2.59. The molecule has 1 aromatic heterocycles. The third-order valence-corrected chi connectivity index (χ3v) is 5.33. The number of rotatable bonds is 7. The number of hydrogen-bond donors (Lipinski definition) is 1. The molecule has 0 aliphatic heterocycles. The van der Waals surface area contributed by atoms with Crippen molar-refractivity contribution in [1.29, 1.82) is 0 Å². The number of thioether (sulfide) groups is 1. The molecular formula is C16H22N2S2. The van der Waals surface area contributed by atoms with Gasteiger partial charge in [0.1, 0.15) is 5.01 Å².